The molecule has 0 saturated heterocycles. The predicted molar refractivity (Wildman–Crippen MR) is 74.2 cm³/mol. The van der Waals surface area contributed by atoms with Crippen LogP contribution in [-0.4, -0.2) is 19.6 Å². The SMILES string of the molecule is CC(CC1CC1)NS(=O)(=O)c1cccc(C(C)O)c1. The third-order valence-electron chi connectivity index (χ3n) is 3.39. The van der Waals surface area contributed by atoms with Gasteiger partial charge >= 0.3 is 0 Å². The molecule has 0 bridgehead atoms. The van der Waals surface area contributed by atoms with Crippen LogP contribution in [0.2, 0.25) is 0 Å². The Bertz CT molecular complexity index is 535. The molecule has 5 heteroatoms. The quantitative estimate of drug-likeness (QED) is 0.841. The zero-order valence-corrected chi connectivity index (χ0v) is 12.2. The Morgan fingerprint density at radius 2 is 2.05 bits per heavy atom. The van der Waals surface area contributed by atoms with Crippen molar-refractivity contribution in [2.24, 2.45) is 5.92 Å². The molecule has 106 valence electrons. The first kappa shape index (κ1) is 14.5. The molecule has 1 fully saturated rings. The third kappa shape index (κ3) is 4.03. The van der Waals surface area contributed by atoms with E-state index >= 15 is 0 Å². The molecule has 1 aromatic rings. The monoisotopic (exact) mass is 283 g/mol. The molecule has 19 heavy (non-hydrogen) atoms. The summed E-state index contributed by atoms with van der Waals surface area (Å²) in [6.07, 6.45) is 2.65. The van der Waals surface area contributed by atoms with Crippen LogP contribution in [0, 0.1) is 5.92 Å². The highest BCUT2D eigenvalue weighted by atomic mass is 32.2. The van der Waals surface area contributed by atoms with Gasteiger partial charge in [0.15, 0.2) is 0 Å². The summed E-state index contributed by atoms with van der Waals surface area (Å²) >= 11 is 0. The Morgan fingerprint density at radius 3 is 2.63 bits per heavy atom. The van der Waals surface area contributed by atoms with Crippen molar-refractivity contribution in [1.29, 1.82) is 0 Å². The van der Waals surface area contributed by atoms with Crippen molar-refractivity contribution in [2.75, 3.05) is 0 Å². The summed E-state index contributed by atoms with van der Waals surface area (Å²) in [5, 5.41) is 9.51. The highest BCUT2D eigenvalue weighted by molar-refractivity contribution is 7.89. The minimum absolute atomic E-state index is 0.0484. The van der Waals surface area contributed by atoms with E-state index in [1.165, 1.54) is 18.9 Å². The second kappa shape index (κ2) is 5.61. The molecule has 1 aromatic carbocycles. The van der Waals surface area contributed by atoms with Crippen molar-refractivity contribution in [1.82, 2.24) is 4.72 Å². The minimum Gasteiger partial charge on any atom is -0.389 e. The number of aliphatic hydroxyl groups is 1. The van der Waals surface area contributed by atoms with Crippen molar-refractivity contribution in [2.45, 2.75) is 50.2 Å². The van der Waals surface area contributed by atoms with Gasteiger partial charge in [-0.3, -0.25) is 0 Å². The van der Waals surface area contributed by atoms with Crippen LogP contribution in [0.1, 0.15) is 44.8 Å². The smallest absolute Gasteiger partial charge is 0.240 e. The molecule has 2 N–H and O–H groups in total. The van der Waals surface area contributed by atoms with Crippen LogP contribution in [0.15, 0.2) is 29.2 Å². The maximum absolute atomic E-state index is 12.2. The fourth-order valence-corrected chi connectivity index (χ4v) is 3.49. The summed E-state index contributed by atoms with van der Waals surface area (Å²) in [5.41, 5.74) is 0.609. The lowest BCUT2D eigenvalue weighted by atomic mass is 10.1. The molecule has 0 aromatic heterocycles. The maximum Gasteiger partial charge on any atom is 0.240 e. The molecule has 0 spiro atoms. The average molecular weight is 283 g/mol. The van der Waals surface area contributed by atoms with E-state index in [1.54, 1.807) is 25.1 Å². The van der Waals surface area contributed by atoms with E-state index in [4.69, 9.17) is 0 Å². The zero-order valence-electron chi connectivity index (χ0n) is 11.3. The summed E-state index contributed by atoms with van der Waals surface area (Å²) in [4.78, 5) is 0.216. The first-order valence-electron chi connectivity index (χ1n) is 6.69. The second-order valence-electron chi connectivity index (χ2n) is 5.45. The van der Waals surface area contributed by atoms with Crippen LogP contribution < -0.4 is 4.72 Å². The molecule has 0 radical (unpaired) electrons. The van der Waals surface area contributed by atoms with E-state index in [1.807, 2.05) is 6.92 Å². The summed E-state index contributed by atoms with van der Waals surface area (Å²) < 4.78 is 27.2. The molecule has 0 amide bonds. The van der Waals surface area contributed by atoms with Gasteiger partial charge in [-0.2, -0.15) is 0 Å². The van der Waals surface area contributed by atoms with Gasteiger partial charge in [-0.15, -0.1) is 0 Å². The minimum atomic E-state index is -3.49. The molecule has 2 unspecified atom stereocenters. The Balaban J connectivity index is 2.11. The molecule has 0 heterocycles. The zero-order chi connectivity index (χ0) is 14.0. The lowest BCUT2D eigenvalue weighted by Gasteiger charge is -2.14. The topological polar surface area (TPSA) is 66.4 Å². The van der Waals surface area contributed by atoms with E-state index < -0.39 is 16.1 Å². The Hall–Kier alpha value is -0.910. The van der Waals surface area contributed by atoms with Crippen LogP contribution in [0.4, 0.5) is 0 Å². The number of sulfonamides is 1. The summed E-state index contributed by atoms with van der Waals surface area (Å²) in [7, 11) is -3.49. The van der Waals surface area contributed by atoms with E-state index in [-0.39, 0.29) is 10.9 Å². The van der Waals surface area contributed by atoms with Crippen molar-refractivity contribution in [3.8, 4) is 0 Å². The number of nitrogens with one attached hydrogen (secondary N) is 1. The van der Waals surface area contributed by atoms with Gasteiger partial charge in [-0.25, -0.2) is 13.1 Å². The Labute approximate surface area is 114 Å². The Morgan fingerprint density at radius 1 is 1.37 bits per heavy atom. The summed E-state index contributed by atoms with van der Waals surface area (Å²) in [6.45, 7) is 3.52. The van der Waals surface area contributed by atoms with Crippen LogP contribution in [0.25, 0.3) is 0 Å². The first-order chi connectivity index (χ1) is 8.88. The normalized spacial score (nSPS) is 19.1. The fraction of sp³-hybridized carbons (Fsp3) is 0.571. The molecule has 1 saturated carbocycles. The highest BCUT2D eigenvalue weighted by Gasteiger charge is 2.26. The third-order valence-corrected chi connectivity index (χ3v) is 4.98. The van der Waals surface area contributed by atoms with Gasteiger partial charge in [0.25, 0.3) is 0 Å². The molecule has 1 aliphatic rings. The molecule has 2 rings (SSSR count). The molecule has 0 aliphatic heterocycles. The number of rotatable bonds is 6. The van der Waals surface area contributed by atoms with Gasteiger partial charge < -0.3 is 5.11 Å². The average Bonchev–Trinajstić information content (AvgIpc) is 3.12. The van der Waals surface area contributed by atoms with Gasteiger partial charge in [0, 0.05) is 6.04 Å². The lowest BCUT2D eigenvalue weighted by molar-refractivity contribution is 0.199. The van der Waals surface area contributed by atoms with E-state index in [2.05, 4.69) is 4.72 Å². The fourth-order valence-electron chi connectivity index (χ4n) is 2.18. The number of aliphatic hydroxyl groups excluding tert-OH is 1. The van der Waals surface area contributed by atoms with Crippen molar-refractivity contribution in [3.05, 3.63) is 29.8 Å². The van der Waals surface area contributed by atoms with E-state index in [9.17, 15) is 13.5 Å². The lowest BCUT2D eigenvalue weighted by Crippen LogP contribution is -2.33. The van der Waals surface area contributed by atoms with E-state index in [0.29, 0.717) is 11.5 Å². The molecule has 2 atom stereocenters. The van der Waals surface area contributed by atoms with Crippen LogP contribution in [0.3, 0.4) is 0 Å². The highest BCUT2D eigenvalue weighted by Crippen LogP contribution is 2.33. The molecular formula is C14H21NO3S. The van der Waals surface area contributed by atoms with Gasteiger partial charge in [0.2, 0.25) is 10.0 Å². The van der Waals surface area contributed by atoms with Crippen molar-refractivity contribution >= 4 is 10.0 Å². The van der Waals surface area contributed by atoms with Gasteiger partial charge in [0.1, 0.15) is 0 Å². The second-order valence-corrected chi connectivity index (χ2v) is 7.16. The Kier molecular flexibility index (Phi) is 4.28. The van der Waals surface area contributed by atoms with Gasteiger partial charge in [-0.1, -0.05) is 25.0 Å². The van der Waals surface area contributed by atoms with Crippen LogP contribution in [0.5, 0.6) is 0 Å². The first-order valence-corrected chi connectivity index (χ1v) is 8.17. The van der Waals surface area contributed by atoms with Crippen molar-refractivity contribution < 1.29 is 13.5 Å². The largest absolute Gasteiger partial charge is 0.389 e. The number of hydrogen-bond acceptors (Lipinski definition) is 3. The number of benzene rings is 1. The van der Waals surface area contributed by atoms with E-state index in [0.717, 1.165) is 6.42 Å². The molecular weight excluding hydrogens is 262 g/mol. The van der Waals surface area contributed by atoms with Gasteiger partial charge in [0.05, 0.1) is 11.0 Å². The predicted octanol–water partition coefficient (Wildman–Crippen LogP) is 2.21. The van der Waals surface area contributed by atoms with Crippen LogP contribution >= 0.6 is 0 Å². The molecule has 4 nitrogen and oxygen atoms in total. The molecule has 1 aliphatic carbocycles. The standard InChI is InChI=1S/C14H21NO3S/c1-10(8-12-6-7-12)15-19(17,18)14-5-3-4-13(9-14)11(2)16/h3-5,9-12,15-16H,6-8H2,1-2H3. The van der Waals surface area contributed by atoms with Crippen molar-refractivity contribution in [3.63, 3.8) is 0 Å². The summed E-state index contributed by atoms with van der Waals surface area (Å²) in [6, 6.07) is 6.40. The number of hydrogen-bond donors (Lipinski definition) is 2. The maximum atomic E-state index is 12.2. The van der Waals surface area contributed by atoms with Crippen LogP contribution in [-0.2, 0) is 10.0 Å². The summed E-state index contributed by atoms with van der Waals surface area (Å²) in [5.74, 6) is 0.682. The van der Waals surface area contributed by atoms with Gasteiger partial charge in [-0.05, 0) is 43.9 Å².